The predicted octanol–water partition coefficient (Wildman–Crippen LogP) is 1.06. The first kappa shape index (κ1) is 14.6. The molecule has 0 aliphatic carbocycles. The van der Waals surface area contributed by atoms with Gasteiger partial charge in [0, 0.05) is 0 Å². The molecule has 1 aliphatic rings. The molecule has 6 nitrogen and oxygen atoms in total. The van der Waals surface area contributed by atoms with E-state index in [0.29, 0.717) is 17.1 Å². The van der Waals surface area contributed by atoms with Crippen molar-refractivity contribution in [3.05, 3.63) is 23.8 Å². The highest BCUT2D eigenvalue weighted by atomic mass is 32.2. The second-order valence-corrected chi connectivity index (χ2v) is 6.94. The van der Waals surface area contributed by atoms with E-state index in [1.54, 1.807) is 25.1 Å². The molecule has 0 amide bonds. The third kappa shape index (κ3) is 3.04. The highest BCUT2D eigenvalue weighted by Gasteiger charge is 2.35. The Morgan fingerprint density at radius 1 is 1.35 bits per heavy atom. The van der Waals surface area contributed by atoms with Crippen LogP contribution in [0.15, 0.2) is 18.2 Å². The van der Waals surface area contributed by atoms with Crippen molar-refractivity contribution in [3.8, 4) is 11.5 Å². The van der Waals surface area contributed by atoms with Crippen LogP contribution < -0.4 is 9.47 Å². The Bertz CT molecular complexity index is 610. The summed E-state index contributed by atoms with van der Waals surface area (Å²) in [6, 6.07) is 4.86. The molecule has 1 fully saturated rings. The molecule has 1 atom stereocenters. The second-order valence-electron chi connectivity index (χ2n) is 4.79. The highest BCUT2D eigenvalue weighted by molar-refractivity contribution is 7.92. The Hall–Kier alpha value is -1.76. The van der Waals surface area contributed by atoms with E-state index in [9.17, 15) is 13.2 Å². The van der Waals surface area contributed by atoms with Crippen LogP contribution in [0.3, 0.4) is 0 Å². The Labute approximate surface area is 117 Å². The van der Waals surface area contributed by atoms with Crippen molar-refractivity contribution in [2.24, 2.45) is 0 Å². The first-order valence-corrected chi connectivity index (χ1v) is 7.92. The Morgan fingerprint density at radius 3 is 2.50 bits per heavy atom. The van der Waals surface area contributed by atoms with Crippen LogP contribution in [-0.4, -0.2) is 44.2 Å². The summed E-state index contributed by atoms with van der Waals surface area (Å²) in [4.78, 5) is 11.0. The van der Waals surface area contributed by atoms with Crippen LogP contribution in [0, 0.1) is 0 Å². The van der Waals surface area contributed by atoms with E-state index in [1.807, 2.05) is 0 Å². The molecule has 1 N–H and O–H groups in total. The van der Waals surface area contributed by atoms with Crippen molar-refractivity contribution in [2.75, 3.05) is 18.6 Å². The van der Waals surface area contributed by atoms with E-state index in [-0.39, 0.29) is 11.5 Å². The van der Waals surface area contributed by atoms with Gasteiger partial charge in [-0.25, -0.2) is 8.42 Å². The molecule has 0 radical (unpaired) electrons. The van der Waals surface area contributed by atoms with Gasteiger partial charge in [0.05, 0.1) is 24.5 Å². The zero-order valence-electron chi connectivity index (χ0n) is 11.2. The van der Waals surface area contributed by atoms with Crippen LogP contribution in [0.4, 0.5) is 0 Å². The van der Waals surface area contributed by atoms with Crippen molar-refractivity contribution in [2.45, 2.75) is 18.9 Å². The molecule has 1 aliphatic heterocycles. The monoisotopic (exact) mass is 300 g/mol. The van der Waals surface area contributed by atoms with E-state index < -0.39 is 27.8 Å². The van der Waals surface area contributed by atoms with Crippen LogP contribution in [0.2, 0.25) is 0 Å². The summed E-state index contributed by atoms with van der Waals surface area (Å²) < 4.78 is 33.0. The first-order chi connectivity index (χ1) is 9.32. The van der Waals surface area contributed by atoms with Gasteiger partial charge in [-0.2, -0.15) is 0 Å². The van der Waals surface area contributed by atoms with Gasteiger partial charge in [-0.3, -0.25) is 4.79 Å². The largest absolute Gasteiger partial charge is 0.493 e. The maximum Gasteiger partial charge on any atom is 0.310 e. The van der Waals surface area contributed by atoms with Crippen molar-refractivity contribution in [3.63, 3.8) is 0 Å². The molecule has 1 heterocycles. The lowest BCUT2D eigenvalue weighted by Crippen LogP contribution is -2.45. The number of carbonyl (C=O) groups is 1. The second kappa shape index (κ2) is 5.32. The van der Waals surface area contributed by atoms with Gasteiger partial charge in [0.15, 0.2) is 21.3 Å². The molecule has 0 spiro atoms. The minimum absolute atomic E-state index is 0.0190. The molecule has 1 saturated heterocycles. The van der Waals surface area contributed by atoms with Crippen molar-refractivity contribution < 1.29 is 27.8 Å². The SMILES string of the molecule is COc1ccc(C(C)C(=O)O)cc1OC1CS(=O)(=O)C1. The molecule has 7 heteroatoms. The smallest absolute Gasteiger partial charge is 0.310 e. The number of rotatable bonds is 5. The van der Waals surface area contributed by atoms with E-state index >= 15 is 0 Å². The number of benzene rings is 1. The number of ether oxygens (including phenoxy) is 2. The van der Waals surface area contributed by atoms with Crippen LogP contribution >= 0.6 is 0 Å². The van der Waals surface area contributed by atoms with E-state index in [1.165, 1.54) is 7.11 Å². The third-order valence-corrected chi connectivity index (χ3v) is 4.99. The van der Waals surface area contributed by atoms with Crippen LogP contribution in [0.1, 0.15) is 18.4 Å². The van der Waals surface area contributed by atoms with Gasteiger partial charge in [0.1, 0.15) is 6.10 Å². The van der Waals surface area contributed by atoms with Gasteiger partial charge in [-0.15, -0.1) is 0 Å². The summed E-state index contributed by atoms with van der Waals surface area (Å²) in [5.41, 5.74) is 0.579. The average Bonchev–Trinajstić information content (AvgIpc) is 2.35. The summed E-state index contributed by atoms with van der Waals surface area (Å²) in [6.07, 6.45) is -0.399. The summed E-state index contributed by atoms with van der Waals surface area (Å²) in [5.74, 6) is -0.821. The average molecular weight is 300 g/mol. The van der Waals surface area contributed by atoms with E-state index in [4.69, 9.17) is 14.6 Å². The van der Waals surface area contributed by atoms with Gasteiger partial charge in [-0.05, 0) is 24.6 Å². The summed E-state index contributed by atoms with van der Waals surface area (Å²) >= 11 is 0. The molecule has 0 aromatic heterocycles. The summed E-state index contributed by atoms with van der Waals surface area (Å²) in [7, 11) is -1.50. The fourth-order valence-electron chi connectivity index (χ4n) is 1.96. The standard InChI is InChI=1S/C13H16O6S/c1-8(13(14)15)9-3-4-11(18-2)12(5-9)19-10-6-20(16,17)7-10/h3-5,8,10H,6-7H2,1-2H3,(H,14,15). The lowest BCUT2D eigenvalue weighted by atomic mass is 10.0. The Morgan fingerprint density at radius 2 is 2.00 bits per heavy atom. The van der Waals surface area contributed by atoms with Crippen molar-refractivity contribution in [1.82, 2.24) is 0 Å². The number of carboxylic acids is 1. The van der Waals surface area contributed by atoms with E-state index in [0.717, 1.165) is 0 Å². The fraction of sp³-hybridized carbons (Fsp3) is 0.462. The normalized spacial score (nSPS) is 18.9. The molecule has 1 aromatic carbocycles. The molecule has 1 aromatic rings. The maximum absolute atomic E-state index is 11.1. The zero-order valence-corrected chi connectivity index (χ0v) is 12.0. The minimum atomic E-state index is -2.97. The number of aliphatic carboxylic acids is 1. The molecule has 20 heavy (non-hydrogen) atoms. The van der Waals surface area contributed by atoms with Crippen molar-refractivity contribution >= 4 is 15.8 Å². The van der Waals surface area contributed by atoms with Gasteiger partial charge < -0.3 is 14.6 Å². The quantitative estimate of drug-likeness (QED) is 0.874. The predicted molar refractivity (Wildman–Crippen MR) is 72.1 cm³/mol. The van der Waals surface area contributed by atoms with E-state index in [2.05, 4.69) is 0 Å². The molecular formula is C13H16O6S. The molecular weight excluding hydrogens is 284 g/mol. The minimum Gasteiger partial charge on any atom is -0.493 e. The lowest BCUT2D eigenvalue weighted by molar-refractivity contribution is -0.138. The summed E-state index contributed by atoms with van der Waals surface area (Å²) in [5, 5.41) is 9.01. The molecule has 110 valence electrons. The number of sulfone groups is 1. The van der Waals surface area contributed by atoms with Gasteiger partial charge >= 0.3 is 5.97 Å². The maximum atomic E-state index is 11.1. The Kier molecular flexibility index (Phi) is 3.89. The van der Waals surface area contributed by atoms with Gasteiger partial charge in [-0.1, -0.05) is 6.07 Å². The van der Waals surface area contributed by atoms with Crippen LogP contribution in [0.25, 0.3) is 0 Å². The molecule has 1 unspecified atom stereocenters. The zero-order chi connectivity index (χ0) is 14.9. The highest BCUT2D eigenvalue weighted by Crippen LogP contribution is 2.33. The fourth-order valence-corrected chi connectivity index (χ4v) is 3.13. The van der Waals surface area contributed by atoms with Crippen LogP contribution in [-0.2, 0) is 14.6 Å². The van der Waals surface area contributed by atoms with Crippen LogP contribution in [0.5, 0.6) is 11.5 Å². The number of carboxylic acid groups (broad SMARTS) is 1. The number of hydrogen-bond donors (Lipinski definition) is 1. The number of methoxy groups -OCH3 is 1. The Balaban J connectivity index is 2.21. The molecule has 0 saturated carbocycles. The molecule has 0 bridgehead atoms. The molecule has 2 rings (SSSR count). The third-order valence-electron chi connectivity index (χ3n) is 3.23. The van der Waals surface area contributed by atoms with Gasteiger partial charge in [0.25, 0.3) is 0 Å². The topological polar surface area (TPSA) is 89.9 Å². The van der Waals surface area contributed by atoms with Crippen molar-refractivity contribution in [1.29, 1.82) is 0 Å². The lowest BCUT2D eigenvalue weighted by Gasteiger charge is -2.27. The van der Waals surface area contributed by atoms with Gasteiger partial charge in [0.2, 0.25) is 0 Å². The number of hydrogen-bond acceptors (Lipinski definition) is 5. The summed E-state index contributed by atoms with van der Waals surface area (Å²) in [6.45, 7) is 1.57. The first-order valence-electron chi connectivity index (χ1n) is 6.10.